The molecule has 1 amide bonds. The molecule has 0 radical (unpaired) electrons. The van der Waals surface area contributed by atoms with E-state index in [2.05, 4.69) is 0 Å². The van der Waals surface area contributed by atoms with Crippen LogP contribution in [-0.4, -0.2) is 36.2 Å². The molecule has 1 aliphatic heterocycles. The number of carbonyl (C=O) groups excluding carboxylic acids is 2. The van der Waals surface area contributed by atoms with Crippen molar-refractivity contribution in [2.75, 3.05) is 13.7 Å². The average Bonchev–Trinajstić information content (AvgIpc) is 2.44. The summed E-state index contributed by atoms with van der Waals surface area (Å²) in [5.74, 6) is -0.338. The summed E-state index contributed by atoms with van der Waals surface area (Å²) >= 11 is 0. The van der Waals surface area contributed by atoms with Gasteiger partial charge in [-0.3, -0.25) is 0 Å². The van der Waals surface area contributed by atoms with Gasteiger partial charge in [0.15, 0.2) is 0 Å². The summed E-state index contributed by atoms with van der Waals surface area (Å²) < 4.78 is 10.3. The lowest BCUT2D eigenvalue weighted by Crippen LogP contribution is -2.42. The van der Waals surface area contributed by atoms with Crippen LogP contribution >= 0.6 is 0 Å². The van der Waals surface area contributed by atoms with Gasteiger partial charge < -0.3 is 14.4 Å². The Kier molecular flexibility index (Phi) is 4.44. The van der Waals surface area contributed by atoms with Gasteiger partial charge >= 0.3 is 12.1 Å². The molecule has 0 aromatic heterocycles. The molecule has 0 spiro atoms. The van der Waals surface area contributed by atoms with Crippen LogP contribution in [0.5, 0.6) is 0 Å². The van der Waals surface area contributed by atoms with Gasteiger partial charge in [-0.25, -0.2) is 9.59 Å². The van der Waals surface area contributed by atoms with E-state index in [4.69, 9.17) is 9.47 Å². The summed E-state index contributed by atoms with van der Waals surface area (Å²) in [5.41, 5.74) is 1.99. The summed E-state index contributed by atoms with van der Waals surface area (Å²) in [4.78, 5) is 25.9. The topological polar surface area (TPSA) is 55.8 Å². The fraction of sp³-hybridized carbons (Fsp3) is 0.529. The molecule has 0 saturated carbocycles. The predicted molar refractivity (Wildman–Crippen MR) is 82.8 cm³/mol. The van der Waals surface area contributed by atoms with E-state index in [-0.39, 0.29) is 18.1 Å². The van der Waals surface area contributed by atoms with Crippen LogP contribution < -0.4 is 0 Å². The second kappa shape index (κ2) is 5.99. The highest BCUT2D eigenvalue weighted by Gasteiger charge is 2.32. The Morgan fingerprint density at radius 1 is 1.27 bits per heavy atom. The Morgan fingerprint density at radius 2 is 1.95 bits per heavy atom. The van der Waals surface area contributed by atoms with Crippen LogP contribution in [0.1, 0.15) is 55.2 Å². The maximum Gasteiger partial charge on any atom is 0.410 e. The highest BCUT2D eigenvalue weighted by atomic mass is 16.6. The van der Waals surface area contributed by atoms with Crippen LogP contribution in [-0.2, 0) is 15.9 Å². The SMILES string of the molecule is COC(=O)c1cccc2c1CCN(C(=O)OC(C)(C)C)[C@H]2C. The van der Waals surface area contributed by atoms with Crippen LogP contribution in [0.25, 0.3) is 0 Å². The van der Waals surface area contributed by atoms with Gasteiger partial charge in [-0.1, -0.05) is 12.1 Å². The van der Waals surface area contributed by atoms with Crippen molar-refractivity contribution in [3.05, 3.63) is 34.9 Å². The number of amides is 1. The number of nitrogens with zero attached hydrogens (tertiary/aromatic N) is 1. The first-order valence-electron chi connectivity index (χ1n) is 7.44. The molecule has 1 atom stereocenters. The third kappa shape index (κ3) is 3.24. The zero-order valence-electron chi connectivity index (χ0n) is 13.8. The van der Waals surface area contributed by atoms with Crippen LogP contribution in [0.4, 0.5) is 4.79 Å². The number of esters is 1. The fourth-order valence-electron chi connectivity index (χ4n) is 2.74. The first kappa shape index (κ1) is 16.3. The van der Waals surface area contributed by atoms with E-state index >= 15 is 0 Å². The van der Waals surface area contributed by atoms with Gasteiger partial charge in [-0.2, -0.15) is 0 Å². The van der Waals surface area contributed by atoms with E-state index in [0.717, 1.165) is 11.1 Å². The number of carbonyl (C=O) groups is 2. The third-order valence-corrected chi connectivity index (χ3v) is 3.77. The number of hydrogen-bond donors (Lipinski definition) is 0. The van der Waals surface area contributed by atoms with Crippen molar-refractivity contribution in [2.24, 2.45) is 0 Å². The molecular formula is C17H23NO4. The van der Waals surface area contributed by atoms with E-state index < -0.39 is 5.60 Å². The molecule has 0 fully saturated rings. The van der Waals surface area contributed by atoms with Gasteiger partial charge in [0.05, 0.1) is 18.7 Å². The molecule has 0 bridgehead atoms. The number of benzene rings is 1. The van der Waals surface area contributed by atoms with Gasteiger partial charge in [0.25, 0.3) is 0 Å². The van der Waals surface area contributed by atoms with Crippen LogP contribution in [0, 0.1) is 0 Å². The molecule has 1 aromatic carbocycles. The van der Waals surface area contributed by atoms with E-state index in [1.807, 2.05) is 39.8 Å². The predicted octanol–water partition coefficient (Wildman–Crippen LogP) is 3.33. The molecule has 1 aromatic rings. The first-order valence-corrected chi connectivity index (χ1v) is 7.44. The summed E-state index contributed by atoms with van der Waals surface area (Å²) in [6.45, 7) is 8.02. The Morgan fingerprint density at radius 3 is 2.55 bits per heavy atom. The molecule has 5 nitrogen and oxygen atoms in total. The number of fused-ring (bicyclic) bond motifs is 1. The molecule has 0 N–H and O–H groups in total. The Balaban J connectivity index is 2.29. The van der Waals surface area contributed by atoms with Crippen molar-refractivity contribution < 1.29 is 19.1 Å². The van der Waals surface area contributed by atoms with Gasteiger partial charge in [-0.05, 0) is 51.3 Å². The van der Waals surface area contributed by atoms with E-state index in [1.165, 1.54) is 7.11 Å². The summed E-state index contributed by atoms with van der Waals surface area (Å²) in [6.07, 6.45) is 0.290. The maximum atomic E-state index is 12.3. The quantitative estimate of drug-likeness (QED) is 0.747. The zero-order chi connectivity index (χ0) is 16.5. The molecule has 1 aliphatic rings. The minimum absolute atomic E-state index is 0.136. The van der Waals surface area contributed by atoms with Gasteiger partial charge in [0, 0.05) is 6.54 Å². The summed E-state index contributed by atoms with van der Waals surface area (Å²) in [7, 11) is 1.38. The van der Waals surface area contributed by atoms with Crippen molar-refractivity contribution in [1.82, 2.24) is 4.90 Å². The van der Waals surface area contributed by atoms with Crippen molar-refractivity contribution >= 4 is 12.1 Å². The summed E-state index contributed by atoms with van der Waals surface area (Å²) in [6, 6.07) is 5.40. The lowest BCUT2D eigenvalue weighted by atomic mass is 9.90. The number of hydrogen-bond acceptors (Lipinski definition) is 4. The Hall–Kier alpha value is -2.04. The Bertz CT molecular complexity index is 589. The minimum Gasteiger partial charge on any atom is -0.465 e. The van der Waals surface area contributed by atoms with Crippen LogP contribution in [0.15, 0.2) is 18.2 Å². The third-order valence-electron chi connectivity index (χ3n) is 3.77. The normalized spacial score (nSPS) is 17.7. The largest absolute Gasteiger partial charge is 0.465 e. The zero-order valence-corrected chi connectivity index (χ0v) is 13.8. The van der Waals surface area contributed by atoms with Crippen molar-refractivity contribution in [1.29, 1.82) is 0 Å². The lowest BCUT2D eigenvalue weighted by molar-refractivity contribution is 0.0159. The smallest absolute Gasteiger partial charge is 0.410 e. The second-order valence-corrected chi connectivity index (χ2v) is 6.46. The van der Waals surface area contributed by atoms with Crippen molar-refractivity contribution in [3.8, 4) is 0 Å². The highest BCUT2D eigenvalue weighted by Crippen LogP contribution is 2.32. The van der Waals surface area contributed by atoms with E-state index in [0.29, 0.717) is 18.5 Å². The molecule has 0 saturated heterocycles. The molecular weight excluding hydrogens is 282 g/mol. The van der Waals surface area contributed by atoms with Gasteiger partial charge in [0.2, 0.25) is 0 Å². The van der Waals surface area contributed by atoms with Gasteiger partial charge in [-0.15, -0.1) is 0 Å². The standard InChI is InChI=1S/C17H23NO4/c1-11-12-7-6-8-14(15(19)21-5)13(12)9-10-18(11)16(20)22-17(2,3)4/h6-8,11H,9-10H2,1-5H3/t11-/m0/s1. The number of methoxy groups -OCH3 is 1. The fourth-order valence-corrected chi connectivity index (χ4v) is 2.74. The minimum atomic E-state index is -0.523. The average molecular weight is 305 g/mol. The number of ether oxygens (including phenoxy) is 2. The molecule has 5 heteroatoms. The monoisotopic (exact) mass is 305 g/mol. The maximum absolute atomic E-state index is 12.3. The molecule has 22 heavy (non-hydrogen) atoms. The number of rotatable bonds is 1. The van der Waals surface area contributed by atoms with Crippen LogP contribution in [0.2, 0.25) is 0 Å². The highest BCUT2D eigenvalue weighted by molar-refractivity contribution is 5.91. The van der Waals surface area contributed by atoms with Gasteiger partial charge in [0.1, 0.15) is 5.60 Å². The lowest BCUT2D eigenvalue weighted by Gasteiger charge is -2.36. The molecule has 0 aliphatic carbocycles. The Labute approximate surface area is 131 Å². The molecule has 0 unspecified atom stereocenters. The van der Waals surface area contributed by atoms with Crippen LogP contribution in [0.3, 0.4) is 0 Å². The second-order valence-electron chi connectivity index (χ2n) is 6.46. The van der Waals surface area contributed by atoms with Crippen molar-refractivity contribution in [3.63, 3.8) is 0 Å². The summed E-state index contributed by atoms with van der Waals surface area (Å²) in [5, 5.41) is 0. The van der Waals surface area contributed by atoms with Crippen molar-refractivity contribution in [2.45, 2.75) is 45.8 Å². The van der Waals surface area contributed by atoms with E-state index in [1.54, 1.807) is 11.0 Å². The first-order chi connectivity index (χ1) is 10.2. The molecule has 1 heterocycles. The molecule has 120 valence electrons. The molecule has 2 rings (SSSR count). The van der Waals surface area contributed by atoms with E-state index in [9.17, 15) is 9.59 Å².